The van der Waals surface area contributed by atoms with Gasteiger partial charge in [0, 0.05) is 0 Å². The molecule has 0 aromatic carbocycles. The molecule has 33 heteroatoms. The highest BCUT2D eigenvalue weighted by molar-refractivity contribution is 5.77. The Bertz CT molecular complexity index is 2400. The van der Waals surface area contributed by atoms with Crippen LogP contribution in [-0.4, -0.2) is 338 Å². The van der Waals surface area contributed by atoms with Crippen LogP contribution in [0.4, 0.5) is 0 Å². The fourth-order valence-corrected chi connectivity index (χ4v) is 16.4. The maximum atomic E-state index is 15.2. The average molecular weight is 1290 g/mol. The van der Waals surface area contributed by atoms with Gasteiger partial charge >= 0.3 is 5.97 Å². The van der Waals surface area contributed by atoms with Crippen LogP contribution in [0.3, 0.4) is 0 Å². The minimum absolute atomic E-state index is 0.129. The number of carbonyl (C=O) groups is 1. The second-order valence-corrected chi connectivity index (χ2v) is 26.4. The van der Waals surface area contributed by atoms with E-state index in [1.54, 1.807) is 6.92 Å². The van der Waals surface area contributed by atoms with Crippen LogP contribution in [0.25, 0.3) is 0 Å². The van der Waals surface area contributed by atoms with Crippen LogP contribution in [0, 0.1) is 28.1 Å². The van der Waals surface area contributed by atoms with Crippen LogP contribution >= 0.6 is 0 Å². The third-order valence-electron chi connectivity index (χ3n) is 21.3. The summed E-state index contributed by atoms with van der Waals surface area (Å²) in [6.07, 6.45) is -51.2. The molecular weight excluding hydrogens is 1200 g/mol. The monoisotopic (exact) mass is 1290 g/mol. The van der Waals surface area contributed by atoms with Crippen molar-refractivity contribution in [3.05, 3.63) is 12.2 Å². The van der Waals surface area contributed by atoms with Crippen molar-refractivity contribution in [2.75, 3.05) is 39.6 Å². The molecule has 0 aromatic rings. The van der Waals surface area contributed by atoms with Crippen LogP contribution in [0.15, 0.2) is 12.2 Å². The molecule has 10 fully saturated rings. The molecule has 36 atom stereocenters. The largest absolute Gasteiger partial charge is 0.432 e. The smallest absolute Gasteiger partial charge is 0.314 e. The molecule has 89 heavy (non-hydrogen) atoms. The van der Waals surface area contributed by atoms with E-state index in [4.69, 9.17) is 56.8 Å². The summed E-state index contributed by atoms with van der Waals surface area (Å²) < 4.78 is 72.1. The van der Waals surface area contributed by atoms with Gasteiger partial charge in [0.2, 0.25) is 6.29 Å². The molecule has 6 aliphatic heterocycles. The lowest BCUT2D eigenvalue weighted by Crippen LogP contribution is -2.68. The lowest BCUT2D eigenvalue weighted by molar-refractivity contribution is -0.400. The van der Waals surface area contributed by atoms with Crippen molar-refractivity contribution < 1.29 is 164 Å². The molecule has 1 spiro atoms. The van der Waals surface area contributed by atoms with Crippen LogP contribution in [0.5, 0.6) is 0 Å². The third kappa shape index (κ3) is 12.3. The fraction of sp³-hybridized carbons (Fsp3) is 0.946. The highest BCUT2D eigenvalue weighted by atomic mass is 16.8. The molecule has 0 aromatic heterocycles. The number of hydrogen-bond donors (Lipinski definition) is 20. The Morgan fingerprint density at radius 2 is 0.820 bits per heavy atom. The summed E-state index contributed by atoms with van der Waals surface area (Å²) in [5, 5.41) is 215. The van der Waals surface area contributed by atoms with Gasteiger partial charge in [-0.3, -0.25) is 4.79 Å². The van der Waals surface area contributed by atoms with Crippen molar-refractivity contribution in [1.29, 1.82) is 0 Å². The van der Waals surface area contributed by atoms with Crippen LogP contribution in [-0.2, 0) is 61.6 Å². The van der Waals surface area contributed by atoms with Gasteiger partial charge in [-0.2, -0.15) is 0 Å². The van der Waals surface area contributed by atoms with Gasteiger partial charge in [0.05, 0.1) is 50.7 Å². The molecule has 2 bridgehead atoms. The Hall–Kier alpha value is -2.03. The van der Waals surface area contributed by atoms with Gasteiger partial charge < -0.3 is 159 Å². The second-order valence-electron chi connectivity index (χ2n) is 26.4. The molecule has 6 heterocycles. The first kappa shape index (κ1) is 69.8. The summed E-state index contributed by atoms with van der Waals surface area (Å²) in [4.78, 5) is 15.2. The van der Waals surface area contributed by atoms with Gasteiger partial charge in [0.25, 0.3) is 0 Å². The molecule has 10 aliphatic rings. The Labute approximate surface area is 509 Å². The lowest BCUT2D eigenvalue weighted by Gasteiger charge is -2.64. The Balaban J connectivity index is 0.884. The molecule has 4 saturated carbocycles. The predicted octanol–water partition coefficient (Wildman–Crippen LogP) is -9.47. The minimum atomic E-state index is -2.11. The molecule has 33 nitrogen and oxygen atoms in total. The molecule has 20 N–H and O–H groups in total. The first-order chi connectivity index (χ1) is 42.1. The maximum absolute atomic E-state index is 15.2. The number of aliphatic hydroxyl groups excluding tert-OH is 20. The summed E-state index contributed by atoms with van der Waals surface area (Å²) in [6, 6.07) is 0. The second kappa shape index (κ2) is 27.2. The van der Waals surface area contributed by atoms with E-state index in [1.165, 1.54) is 0 Å². The normalized spacial score (nSPS) is 54.5. The topological polar surface area (TPSA) is 532 Å². The minimum Gasteiger partial charge on any atom is -0.432 e. The van der Waals surface area contributed by atoms with E-state index in [-0.39, 0.29) is 12.3 Å². The Morgan fingerprint density at radius 1 is 0.427 bits per heavy atom. The summed E-state index contributed by atoms with van der Waals surface area (Å²) >= 11 is 0. The van der Waals surface area contributed by atoms with E-state index in [0.717, 1.165) is 0 Å². The SMILES string of the molecule is C=C1C[C@@]23CCC4[C@](C)(C(=O)OC5OC(CO)C(O)C(O)C5OC5OC(CO)C(O)C(OC6OC(CO)C(O)C(O)C6O)C5O)CCC[C@@]4(C)[C@@H]2CCC1(OC1OC(CO)C(O)C(OC2OC(CO)C(O)C(O)C2O)C1OC1OC(CO)C(O)C(O)C1O)C3. The first-order valence-electron chi connectivity index (χ1n) is 30.4. The van der Waals surface area contributed by atoms with E-state index >= 15 is 4.79 Å². The number of aliphatic hydroxyl groups is 20. The number of fused-ring (bicyclic) bond motifs is 3. The third-order valence-corrected chi connectivity index (χ3v) is 21.3. The van der Waals surface area contributed by atoms with E-state index in [2.05, 4.69) is 13.5 Å². The first-order valence-corrected chi connectivity index (χ1v) is 30.4. The number of ether oxygens (including phenoxy) is 12. The summed E-state index contributed by atoms with van der Waals surface area (Å²) in [7, 11) is 0. The highest BCUT2D eigenvalue weighted by Crippen LogP contribution is 2.74. The van der Waals surface area contributed by atoms with Crippen molar-refractivity contribution >= 4 is 5.97 Å². The van der Waals surface area contributed by atoms with E-state index < -0.39 is 258 Å². The lowest BCUT2D eigenvalue weighted by atomic mass is 9.41. The van der Waals surface area contributed by atoms with Crippen LogP contribution < -0.4 is 0 Å². The average Bonchev–Trinajstić information content (AvgIpc) is 1.61. The molecule has 6 saturated heterocycles. The van der Waals surface area contributed by atoms with Crippen molar-refractivity contribution in [1.82, 2.24) is 0 Å². The summed E-state index contributed by atoms with van der Waals surface area (Å²) in [6.45, 7) is 3.13. The van der Waals surface area contributed by atoms with Gasteiger partial charge in [-0.1, -0.05) is 19.9 Å². The van der Waals surface area contributed by atoms with Gasteiger partial charge in [0.15, 0.2) is 37.6 Å². The van der Waals surface area contributed by atoms with Gasteiger partial charge in [-0.05, 0) is 86.5 Å². The summed E-state index contributed by atoms with van der Waals surface area (Å²) in [5.74, 6) is -1.34. The Morgan fingerprint density at radius 3 is 1.31 bits per heavy atom. The molecule has 4 aliphatic carbocycles. The van der Waals surface area contributed by atoms with E-state index in [1.807, 2.05) is 0 Å². The highest BCUT2D eigenvalue weighted by Gasteiger charge is 2.70. The number of carbonyl (C=O) groups excluding carboxylic acids is 1. The van der Waals surface area contributed by atoms with Crippen LogP contribution in [0.2, 0.25) is 0 Å². The Kier molecular flexibility index (Phi) is 21.4. The molecule has 0 radical (unpaired) electrons. The molecule has 10 rings (SSSR count). The fourth-order valence-electron chi connectivity index (χ4n) is 16.4. The van der Waals surface area contributed by atoms with Gasteiger partial charge in [-0.15, -0.1) is 0 Å². The van der Waals surface area contributed by atoms with Crippen LogP contribution in [0.1, 0.15) is 71.6 Å². The van der Waals surface area contributed by atoms with E-state index in [0.29, 0.717) is 56.9 Å². The molecule has 32 unspecified atom stereocenters. The molecular formula is C56H90O33. The number of hydrogen-bond acceptors (Lipinski definition) is 33. The summed E-state index contributed by atoms with van der Waals surface area (Å²) in [5.41, 5.74) is -3.11. The van der Waals surface area contributed by atoms with E-state index in [9.17, 15) is 102 Å². The number of esters is 1. The van der Waals surface area contributed by atoms with Crippen molar-refractivity contribution in [2.24, 2.45) is 28.1 Å². The maximum Gasteiger partial charge on any atom is 0.314 e. The van der Waals surface area contributed by atoms with Crippen molar-refractivity contribution in [3.63, 3.8) is 0 Å². The zero-order valence-corrected chi connectivity index (χ0v) is 49.0. The zero-order chi connectivity index (χ0) is 64.7. The molecule has 0 amide bonds. The molecule has 512 valence electrons. The van der Waals surface area contributed by atoms with Gasteiger partial charge in [-0.25, -0.2) is 0 Å². The quantitative estimate of drug-likeness (QED) is 0.0344. The van der Waals surface area contributed by atoms with Gasteiger partial charge in [0.1, 0.15) is 140 Å². The number of rotatable bonds is 18. The standard InChI is InChI=1S/C56H90O33/c1-19-11-55-9-5-26-53(2,7-4-8-54(26,3)52(77)88-50-44(37(72)31(66)23(15-60)82-50)86-49-41(76)42(32(67)24(16-61)81-49)84-46-38(73)34(69)28(63)20(12-57)78-46)27(55)6-10-56(19,18-55)89-51-45(87-48-40(75)36(71)30(65)22(14-59)80-48)43(33(68)25(17-62)83-51)85-47-39(74)35(70)29(64)21(13-58)79-47/h20-51,57-76H,1,4-18H2,2-3H3/t20?,21?,22?,23?,24?,25?,26?,27-,28?,29?,30?,31?,32?,33?,34?,35?,36?,37?,38?,39?,40?,41?,42?,43?,44?,45?,46?,47?,48?,49?,50?,51?,53+,54+,55+,56?/m0/s1. The predicted molar refractivity (Wildman–Crippen MR) is 284 cm³/mol. The van der Waals surface area contributed by atoms with Crippen molar-refractivity contribution in [2.45, 2.75) is 261 Å². The zero-order valence-electron chi connectivity index (χ0n) is 49.0. The van der Waals surface area contributed by atoms with Crippen molar-refractivity contribution in [3.8, 4) is 0 Å².